The first-order chi connectivity index (χ1) is 6.22. The minimum Gasteiger partial charge on any atom is -0.378 e. The summed E-state index contributed by atoms with van der Waals surface area (Å²) in [5.41, 5.74) is 0.896. The van der Waals surface area contributed by atoms with Crippen molar-refractivity contribution < 1.29 is 4.74 Å². The average Bonchev–Trinajstić information content (AvgIpc) is 2.04. The molecule has 0 N–H and O–H groups in total. The molecule has 1 aromatic rings. The third-order valence-corrected chi connectivity index (χ3v) is 1.58. The maximum atomic E-state index is 4.98. The van der Waals surface area contributed by atoms with Gasteiger partial charge in [-0.2, -0.15) is 0 Å². The molecule has 0 bridgehead atoms. The van der Waals surface area contributed by atoms with Gasteiger partial charge in [-0.15, -0.1) is 0 Å². The first kappa shape index (κ1) is 10.1. The van der Waals surface area contributed by atoms with Crippen LogP contribution >= 0.6 is 0 Å². The monoisotopic (exact) mass is 179 g/mol. The highest BCUT2D eigenvalue weighted by atomic mass is 16.5. The van der Waals surface area contributed by atoms with Gasteiger partial charge in [-0.25, -0.2) is 9.97 Å². The van der Waals surface area contributed by atoms with Gasteiger partial charge < -0.3 is 4.74 Å². The Hall–Kier alpha value is -0.960. The molecule has 13 heavy (non-hydrogen) atoms. The molecule has 0 fully saturated rings. The molecule has 0 aromatic carbocycles. The van der Waals surface area contributed by atoms with E-state index in [1.807, 2.05) is 0 Å². The number of nitrogens with zero attached hydrogens (tertiary/aromatic N) is 2. The molecular weight excluding hydrogens is 164 g/mol. The Morgan fingerprint density at radius 2 is 2.31 bits per heavy atom. The Kier molecular flexibility index (Phi) is 3.83. The van der Waals surface area contributed by atoms with Crippen LogP contribution < -0.4 is 0 Å². The van der Waals surface area contributed by atoms with Crippen LogP contribution in [0.25, 0.3) is 0 Å². The van der Waals surface area contributed by atoms with Crippen LogP contribution in [0.1, 0.15) is 25.4 Å². The predicted octanol–water partition coefficient (Wildman–Crippen LogP) is 1.62. The molecule has 1 rings (SSSR count). The standard InChI is InChI=1S/C10H15N2O/c1-8(2)6-10-11-5-4-9(12-10)7-13-3/h4,8H,6-7H2,1-3H3. The molecule has 0 saturated heterocycles. The molecule has 0 aliphatic rings. The largest absolute Gasteiger partial charge is 0.378 e. The lowest BCUT2D eigenvalue weighted by molar-refractivity contribution is 0.181. The fraction of sp³-hybridized carbons (Fsp3) is 0.600. The highest BCUT2D eigenvalue weighted by Crippen LogP contribution is 2.03. The Bertz CT molecular complexity index is 261. The van der Waals surface area contributed by atoms with Crippen LogP contribution in [0.3, 0.4) is 0 Å². The lowest BCUT2D eigenvalue weighted by Crippen LogP contribution is -2.03. The zero-order valence-corrected chi connectivity index (χ0v) is 8.37. The molecule has 71 valence electrons. The van der Waals surface area contributed by atoms with Gasteiger partial charge in [0.25, 0.3) is 0 Å². The highest BCUT2D eigenvalue weighted by molar-refractivity contribution is 5.00. The van der Waals surface area contributed by atoms with E-state index in [1.54, 1.807) is 13.2 Å². The van der Waals surface area contributed by atoms with Gasteiger partial charge in [0.1, 0.15) is 5.82 Å². The van der Waals surface area contributed by atoms with Gasteiger partial charge in [0.2, 0.25) is 0 Å². The molecule has 3 heteroatoms. The van der Waals surface area contributed by atoms with Gasteiger partial charge in [-0.05, 0) is 12.0 Å². The van der Waals surface area contributed by atoms with Crippen molar-refractivity contribution in [2.75, 3.05) is 7.11 Å². The number of methoxy groups -OCH3 is 1. The molecule has 0 spiro atoms. The molecule has 0 aliphatic carbocycles. The number of hydrogen-bond donors (Lipinski definition) is 0. The number of ether oxygens (including phenoxy) is 1. The van der Waals surface area contributed by atoms with Gasteiger partial charge in [0.15, 0.2) is 0 Å². The number of hydrogen-bond acceptors (Lipinski definition) is 3. The highest BCUT2D eigenvalue weighted by Gasteiger charge is 2.01. The Morgan fingerprint density at radius 3 is 2.92 bits per heavy atom. The minimum atomic E-state index is 0.532. The maximum absolute atomic E-state index is 4.98. The van der Waals surface area contributed by atoms with Crippen molar-refractivity contribution in [3.05, 3.63) is 23.8 Å². The second kappa shape index (κ2) is 4.92. The Labute approximate surface area is 79.2 Å². The van der Waals surface area contributed by atoms with Gasteiger partial charge >= 0.3 is 0 Å². The molecular formula is C10H15N2O. The molecule has 0 aliphatic heterocycles. The van der Waals surface area contributed by atoms with E-state index in [0.29, 0.717) is 12.5 Å². The molecule has 0 amide bonds. The van der Waals surface area contributed by atoms with E-state index in [1.165, 1.54) is 0 Å². The van der Waals surface area contributed by atoms with Crippen LogP contribution in [0.2, 0.25) is 0 Å². The quantitative estimate of drug-likeness (QED) is 0.704. The van der Waals surface area contributed by atoms with Crippen molar-refractivity contribution in [1.29, 1.82) is 0 Å². The average molecular weight is 179 g/mol. The third-order valence-electron chi connectivity index (χ3n) is 1.58. The van der Waals surface area contributed by atoms with Crippen molar-refractivity contribution in [3.8, 4) is 0 Å². The zero-order valence-electron chi connectivity index (χ0n) is 8.37. The summed E-state index contributed by atoms with van der Waals surface area (Å²) in [6, 6.07) is 1.76. The summed E-state index contributed by atoms with van der Waals surface area (Å²) in [6.45, 7) is 4.82. The van der Waals surface area contributed by atoms with Crippen molar-refractivity contribution in [2.45, 2.75) is 26.9 Å². The van der Waals surface area contributed by atoms with Crippen molar-refractivity contribution in [3.63, 3.8) is 0 Å². The SMILES string of the molecule is COCc1c[c]nc(CC(C)C)n1. The van der Waals surface area contributed by atoms with Gasteiger partial charge in [0.05, 0.1) is 18.5 Å². The zero-order chi connectivity index (χ0) is 9.68. The van der Waals surface area contributed by atoms with Crippen LogP contribution in [-0.2, 0) is 17.8 Å². The lowest BCUT2D eigenvalue weighted by atomic mass is 10.1. The van der Waals surface area contributed by atoms with E-state index >= 15 is 0 Å². The van der Waals surface area contributed by atoms with Crippen molar-refractivity contribution in [1.82, 2.24) is 9.97 Å². The summed E-state index contributed by atoms with van der Waals surface area (Å²) in [6.07, 6.45) is 3.72. The van der Waals surface area contributed by atoms with E-state index in [2.05, 4.69) is 30.0 Å². The molecule has 1 heterocycles. The summed E-state index contributed by atoms with van der Waals surface area (Å²) in [5, 5.41) is 0. The summed E-state index contributed by atoms with van der Waals surface area (Å²) < 4.78 is 4.98. The van der Waals surface area contributed by atoms with Crippen LogP contribution in [0.15, 0.2) is 6.07 Å². The molecule has 0 unspecified atom stereocenters. The summed E-state index contributed by atoms with van der Waals surface area (Å²) in [7, 11) is 1.66. The predicted molar refractivity (Wildman–Crippen MR) is 50.1 cm³/mol. The van der Waals surface area contributed by atoms with Crippen molar-refractivity contribution >= 4 is 0 Å². The first-order valence-electron chi connectivity index (χ1n) is 4.44. The molecule has 0 atom stereocenters. The molecule has 1 aromatic heterocycles. The fourth-order valence-electron chi connectivity index (χ4n) is 1.08. The first-order valence-corrected chi connectivity index (χ1v) is 4.44. The van der Waals surface area contributed by atoms with Crippen LogP contribution in [0.4, 0.5) is 0 Å². The second-order valence-electron chi connectivity index (χ2n) is 3.44. The normalized spacial score (nSPS) is 10.8. The second-order valence-corrected chi connectivity index (χ2v) is 3.44. The third kappa shape index (κ3) is 3.51. The summed E-state index contributed by atoms with van der Waals surface area (Å²) in [4.78, 5) is 8.41. The smallest absolute Gasteiger partial charge is 0.129 e. The van der Waals surface area contributed by atoms with Crippen LogP contribution in [0.5, 0.6) is 0 Å². The van der Waals surface area contributed by atoms with Crippen LogP contribution in [-0.4, -0.2) is 17.1 Å². The summed E-state index contributed by atoms with van der Waals surface area (Å²) >= 11 is 0. The molecule has 1 radical (unpaired) electrons. The summed E-state index contributed by atoms with van der Waals surface area (Å²) in [5.74, 6) is 1.43. The van der Waals surface area contributed by atoms with E-state index in [4.69, 9.17) is 4.74 Å². The molecule has 3 nitrogen and oxygen atoms in total. The van der Waals surface area contributed by atoms with E-state index in [0.717, 1.165) is 17.9 Å². The number of rotatable bonds is 4. The van der Waals surface area contributed by atoms with E-state index in [-0.39, 0.29) is 0 Å². The maximum Gasteiger partial charge on any atom is 0.129 e. The minimum absolute atomic E-state index is 0.532. The Balaban J connectivity index is 2.67. The van der Waals surface area contributed by atoms with Gasteiger partial charge in [-0.3, -0.25) is 0 Å². The van der Waals surface area contributed by atoms with Gasteiger partial charge in [-0.1, -0.05) is 13.8 Å². The van der Waals surface area contributed by atoms with Gasteiger partial charge in [0, 0.05) is 13.5 Å². The van der Waals surface area contributed by atoms with E-state index < -0.39 is 0 Å². The van der Waals surface area contributed by atoms with E-state index in [9.17, 15) is 0 Å². The molecule has 0 saturated carbocycles. The fourth-order valence-corrected chi connectivity index (χ4v) is 1.08. The topological polar surface area (TPSA) is 35.0 Å². The van der Waals surface area contributed by atoms with Crippen molar-refractivity contribution in [2.24, 2.45) is 5.92 Å². The number of aromatic nitrogens is 2. The lowest BCUT2D eigenvalue weighted by Gasteiger charge is -2.04. The Morgan fingerprint density at radius 1 is 1.54 bits per heavy atom. The van der Waals surface area contributed by atoms with Crippen LogP contribution in [0, 0.1) is 12.1 Å².